The van der Waals surface area contributed by atoms with Crippen LogP contribution in [0.1, 0.15) is 36.8 Å². The first-order valence-electron chi connectivity index (χ1n) is 28.7. The Morgan fingerprint density at radius 3 is 1.79 bits per heavy atom. The second kappa shape index (κ2) is 26.1. The van der Waals surface area contributed by atoms with Gasteiger partial charge in [-0.2, -0.15) is 9.97 Å². The number of hydrogen-bond acceptors (Lipinski definition) is 16. The molecule has 2 atom stereocenters. The van der Waals surface area contributed by atoms with Crippen LogP contribution in [0, 0.1) is 0 Å². The SMILES string of the molecule is Clc1nc(Cl)c2cccn2n1.Clc1nc(Nc2cn(-c3ccc4[nH]ccc4c3)cn2)c2cccn2n1.Nc1cn(-c2ccc3c(c2)C=CC3)cn1.OC[C@@H]1CCCN1.OC[C@@H]1CCCN1c1nc(Nc2cn(-c3ccc4[nH]ccc4c3)cn2)c2cccn2n1. The number of halogens is 3. The van der Waals surface area contributed by atoms with Crippen LogP contribution in [-0.2, 0) is 6.42 Å². The molecule has 2 aliphatic heterocycles. The van der Waals surface area contributed by atoms with E-state index < -0.39 is 0 Å². The van der Waals surface area contributed by atoms with E-state index in [0.717, 1.165) is 94.2 Å². The van der Waals surface area contributed by atoms with Gasteiger partial charge in [-0.25, -0.2) is 33.5 Å². The van der Waals surface area contributed by atoms with E-state index in [-0.39, 0.29) is 23.2 Å². The number of hydrogen-bond donors (Lipinski definition) is 8. The maximum Gasteiger partial charge on any atom is 0.245 e. The van der Waals surface area contributed by atoms with Crippen LogP contribution in [0.3, 0.4) is 0 Å². The molecule has 13 heterocycles. The number of nitrogens with one attached hydrogen (secondary N) is 5. The Balaban J connectivity index is 0.000000111. The first kappa shape index (κ1) is 58.0. The van der Waals surface area contributed by atoms with Gasteiger partial charge in [0.25, 0.3) is 0 Å². The fourth-order valence-corrected chi connectivity index (χ4v) is 11.4. The molecule has 2 fully saturated rings. The van der Waals surface area contributed by atoms with Crippen molar-refractivity contribution in [2.24, 2.45) is 0 Å². The van der Waals surface area contributed by atoms with Gasteiger partial charge in [-0.3, -0.25) is 0 Å². The van der Waals surface area contributed by atoms with Gasteiger partial charge in [0.15, 0.2) is 16.8 Å². The summed E-state index contributed by atoms with van der Waals surface area (Å²) in [5.74, 6) is 3.82. The molecule has 0 bridgehead atoms. The van der Waals surface area contributed by atoms with Gasteiger partial charge in [0.05, 0.1) is 37.8 Å². The van der Waals surface area contributed by atoms with Crippen LogP contribution in [0.5, 0.6) is 0 Å². The summed E-state index contributed by atoms with van der Waals surface area (Å²) in [5.41, 5.74) is 16.1. The van der Waals surface area contributed by atoms with E-state index in [4.69, 9.17) is 50.6 Å². The summed E-state index contributed by atoms with van der Waals surface area (Å²) in [7, 11) is 0. The molecule has 27 heteroatoms. The van der Waals surface area contributed by atoms with E-state index in [1.54, 1.807) is 34.2 Å². The quantitative estimate of drug-likeness (QED) is 0.0632. The van der Waals surface area contributed by atoms with Crippen LogP contribution in [0.15, 0.2) is 178 Å². The molecule has 89 heavy (non-hydrogen) atoms. The van der Waals surface area contributed by atoms with Crippen LogP contribution in [0.25, 0.3) is 61.5 Å². The number of H-pyrrole nitrogens is 2. The first-order valence-corrected chi connectivity index (χ1v) is 29.8. The molecule has 2 saturated heterocycles. The van der Waals surface area contributed by atoms with Gasteiger partial charge in [0.2, 0.25) is 16.5 Å². The van der Waals surface area contributed by atoms with Crippen LogP contribution < -0.4 is 26.6 Å². The van der Waals surface area contributed by atoms with Crippen LogP contribution >= 0.6 is 34.8 Å². The molecular formula is C62H59Cl3N22O2. The molecule has 3 aromatic carbocycles. The number of aliphatic hydroxyl groups is 2. The lowest BCUT2D eigenvalue weighted by atomic mass is 10.1. The molecule has 11 aromatic heterocycles. The largest absolute Gasteiger partial charge is 0.395 e. The second-order valence-corrected chi connectivity index (χ2v) is 22.1. The lowest BCUT2D eigenvalue weighted by Gasteiger charge is -2.23. The Morgan fingerprint density at radius 1 is 0.596 bits per heavy atom. The molecule has 0 saturated carbocycles. The zero-order valence-electron chi connectivity index (χ0n) is 47.6. The fourth-order valence-electron chi connectivity index (χ4n) is 10.8. The third-order valence-corrected chi connectivity index (χ3v) is 15.9. The third kappa shape index (κ3) is 13.1. The van der Waals surface area contributed by atoms with E-state index in [0.29, 0.717) is 52.8 Å². The fraction of sp³-hybridized carbons (Fsp3) is 0.177. The van der Waals surface area contributed by atoms with Crippen molar-refractivity contribution in [1.82, 2.24) is 87.7 Å². The van der Waals surface area contributed by atoms with E-state index in [1.807, 2.05) is 116 Å². The monoisotopic (exact) mass is 1250 g/mol. The van der Waals surface area contributed by atoms with Crippen LogP contribution in [0.4, 0.5) is 35.0 Å². The molecule has 24 nitrogen and oxygen atoms in total. The molecule has 1 aliphatic carbocycles. The van der Waals surface area contributed by atoms with Crippen molar-refractivity contribution < 1.29 is 10.2 Å². The Hall–Kier alpha value is -10.1. The second-order valence-electron chi connectivity index (χ2n) is 21.1. The van der Waals surface area contributed by atoms with Crippen LogP contribution in [-0.4, -0.2) is 131 Å². The minimum Gasteiger partial charge on any atom is -0.395 e. The standard InChI is InChI=1S/C22H22N8O.C17H12ClN7.C12H11N3.C6H3Cl2N3.C5H11NO/c31-13-17-3-1-9-29(17)22-26-21(19-4-2-10-30(19)27-22)25-20-12-28(14-24-20)16-5-6-18-15(11-16)7-8-23-18;18-17-22-16(14-2-1-7-25(14)23-17)21-15-9-24(10-20-15)12-3-4-13-11(8-12)5-6-19-13;13-12-7-15(8-14-12)11-5-4-9-2-1-3-10(9)6-11;7-5-4-2-1-3-11(4)10-6(8)9-5;7-4-5-2-1-3-6-5/h2,4-8,10-12,14,17,23,31H,1,3,9,13H2,(H,25,26,27);1-10,19H,(H,21,22,23);1,3-8H,2,13H2;1-3H;5-7H,1-4H2/t17-;;;;5-/m0...0/s1. The molecular weight excluding hydrogens is 1190 g/mol. The van der Waals surface area contributed by atoms with E-state index in [2.05, 4.69) is 132 Å². The minimum absolute atomic E-state index is 0.0587. The van der Waals surface area contributed by atoms with E-state index >= 15 is 0 Å². The predicted molar refractivity (Wildman–Crippen MR) is 348 cm³/mol. The van der Waals surface area contributed by atoms with E-state index in [1.165, 1.54) is 17.5 Å². The number of aromatic amines is 2. The van der Waals surface area contributed by atoms with Gasteiger partial charge in [-0.15, -0.1) is 15.3 Å². The van der Waals surface area contributed by atoms with Crippen molar-refractivity contribution in [2.75, 3.05) is 47.6 Å². The summed E-state index contributed by atoms with van der Waals surface area (Å²) in [6.45, 7) is 2.34. The number of aromatic nitrogens is 17. The van der Waals surface area contributed by atoms with E-state index in [9.17, 15) is 5.11 Å². The minimum atomic E-state index is 0.0587. The smallest absolute Gasteiger partial charge is 0.245 e. The normalized spacial score (nSPS) is 15.0. The van der Waals surface area contributed by atoms with Gasteiger partial charge < -0.3 is 60.5 Å². The number of allylic oxidation sites excluding steroid dienone is 1. The molecule has 0 spiro atoms. The zero-order chi connectivity index (χ0) is 60.8. The molecule has 17 rings (SSSR count). The number of aliphatic hydroxyl groups excluding tert-OH is 2. The number of nitrogen functional groups attached to an aromatic ring is 1. The Labute approximate surface area is 522 Å². The van der Waals surface area contributed by atoms with Crippen molar-refractivity contribution in [3.05, 3.63) is 205 Å². The van der Waals surface area contributed by atoms with Gasteiger partial charge in [0.1, 0.15) is 53.0 Å². The molecule has 450 valence electrons. The zero-order valence-corrected chi connectivity index (χ0v) is 49.9. The van der Waals surface area contributed by atoms with Crippen molar-refractivity contribution in [2.45, 2.75) is 44.2 Å². The summed E-state index contributed by atoms with van der Waals surface area (Å²) in [4.78, 5) is 34.2. The van der Waals surface area contributed by atoms with Crippen LogP contribution in [0.2, 0.25) is 15.7 Å². The highest BCUT2D eigenvalue weighted by atomic mass is 35.5. The maximum absolute atomic E-state index is 9.70. The maximum atomic E-state index is 9.70. The molecule has 14 aromatic rings. The van der Waals surface area contributed by atoms with Crippen molar-refractivity contribution in [3.8, 4) is 17.1 Å². The molecule has 0 unspecified atom stereocenters. The molecule has 3 aliphatic rings. The Morgan fingerprint density at radius 2 is 1.18 bits per heavy atom. The predicted octanol–water partition coefficient (Wildman–Crippen LogP) is 10.7. The number of anilines is 6. The number of rotatable bonds is 10. The number of nitrogens with zero attached hydrogens (tertiary/aromatic N) is 16. The van der Waals surface area contributed by atoms with Crippen molar-refractivity contribution in [3.63, 3.8) is 0 Å². The highest BCUT2D eigenvalue weighted by Gasteiger charge is 2.27. The van der Waals surface area contributed by atoms with Gasteiger partial charge >= 0.3 is 0 Å². The van der Waals surface area contributed by atoms with Gasteiger partial charge in [-0.1, -0.05) is 29.8 Å². The number of fused-ring (bicyclic) bond motifs is 6. The lowest BCUT2D eigenvalue weighted by molar-refractivity contribution is 0.255. The van der Waals surface area contributed by atoms with Crippen molar-refractivity contribution >= 4 is 114 Å². The topological polar surface area (TPSA) is 281 Å². The summed E-state index contributed by atoms with van der Waals surface area (Å²) in [5, 5.41) is 43.6. The number of imidazole rings is 3. The molecule has 9 N–H and O–H groups in total. The Bertz CT molecular complexity index is 4760. The lowest BCUT2D eigenvalue weighted by Crippen LogP contribution is -2.34. The first-order chi connectivity index (χ1) is 43.6. The average molecular weight is 1250 g/mol. The third-order valence-electron chi connectivity index (χ3n) is 15.3. The molecule has 0 amide bonds. The Kier molecular flexibility index (Phi) is 17.0. The van der Waals surface area contributed by atoms with Gasteiger partial charge in [-0.05, 0) is 170 Å². The number of benzene rings is 3. The highest BCUT2D eigenvalue weighted by Crippen LogP contribution is 2.29. The summed E-state index contributed by atoms with van der Waals surface area (Å²) in [6.07, 6.45) is 30.0. The highest BCUT2D eigenvalue weighted by molar-refractivity contribution is 6.34. The average Bonchev–Trinajstić information content (AvgIpc) is 3.35. The van der Waals surface area contributed by atoms with Gasteiger partial charge in [0, 0.05) is 82.4 Å². The summed E-state index contributed by atoms with van der Waals surface area (Å²) < 4.78 is 10.9. The number of nitrogens with two attached hydrogens (primary N) is 1. The molecule has 0 radical (unpaired) electrons. The summed E-state index contributed by atoms with van der Waals surface area (Å²) >= 11 is 17.3. The summed E-state index contributed by atoms with van der Waals surface area (Å²) in [6, 6.07) is 34.7. The van der Waals surface area contributed by atoms with Crippen molar-refractivity contribution in [1.29, 1.82) is 0 Å².